The summed E-state index contributed by atoms with van der Waals surface area (Å²) in [5, 5.41) is 19.2. The molecule has 19 heavy (non-hydrogen) atoms. The quantitative estimate of drug-likeness (QED) is 0.443. The summed E-state index contributed by atoms with van der Waals surface area (Å²) in [5.41, 5.74) is 0. The van der Waals surface area contributed by atoms with Gasteiger partial charge in [0.05, 0.1) is 33.5 Å². The van der Waals surface area contributed by atoms with Crippen molar-refractivity contribution in [2.75, 3.05) is 27.7 Å². The first-order valence-corrected chi connectivity index (χ1v) is 5.94. The molecule has 0 saturated heterocycles. The van der Waals surface area contributed by atoms with E-state index >= 15 is 0 Å². The molecule has 0 amide bonds. The lowest BCUT2D eigenvalue weighted by atomic mass is 10.1. The minimum absolute atomic E-state index is 0.305. The van der Waals surface area contributed by atoms with Gasteiger partial charge in [0, 0.05) is 12.4 Å². The molecule has 0 spiro atoms. The number of rotatable bonds is 8. The first-order valence-electron chi connectivity index (χ1n) is 5.94. The van der Waals surface area contributed by atoms with Gasteiger partial charge in [-0.25, -0.2) is 0 Å². The zero-order valence-electron chi connectivity index (χ0n) is 11.7. The van der Waals surface area contributed by atoms with E-state index in [1.165, 1.54) is 6.92 Å². The van der Waals surface area contributed by atoms with Crippen LogP contribution in [0.4, 0.5) is 0 Å². The van der Waals surface area contributed by atoms with Gasteiger partial charge in [-0.2, -0.15) is 0 Å². The smallest absolute Gasteiger partial charge is 0.309 e. The summed E-state index contributed by atoms with van der Waals surface area (Å²) in [6, 6.07) is 0. The summed E-state index contributed by atoms with van der Waals surface area (Å²) in [5.74, 6) is -3.93. The maximum atomic E-state index is 11.7. The molecular formula is C12H21NO6. The Balaban J connectivity index is 4.58. The zero-order chi connectivity index (χ0) is 15.2. The van der Waals surface area contributed by atoms with Crippen molar-refractivity contribution >= 4 is 17.9 Å². The zero-order valence-corrected chi connectivity index (χ0v) is 11.7. The number of quaternary nitrogens is 1. The average molecular weight is 275 g/mol. The first-order chi connectivity index (χ1) is 8.51. The number of aliphatic carboxylic acids is 2. The third kappa shape index (κ3) is 9.01. The minimum atomic E-state index is -1.31. The average Bonchev–Trinajstić information content (AvgIpc) is 2.11. The molecule has 0 bridgehead atoms. The lowest BCUT2D eigenvalue weighted by molar-refractivity contribution is -0.873. The Kier molecular flexibility index (Phi) is 6.47. The van der Waals surface area contributed by atoms with Gasteiger partial charge in [0.15, 0.2) is 6.10 Å². The number of carboxylic acid groups (broad SMARTS) is 2. The molecule has 0 rings (SSSR count). The summed E-state index contributed by atoms with van der Waals surface area (Å²) in [6.45, 7) is 1.73. The van der Waals surface area contributed by atoms with Gasteiger partial charge in [-0.15, -0.1) is 0 Å². The molecule has 0 radical (unpaired) electrons. The molecule has 7 nitrogen and oxygen atoms in total. The topological polar surface area (TPSA) is 104 Å². The van der Waals surface area contributed by atoms with Crippen LogP contribution in [0, 0.1) is 5.92 Å². The van der Waals surface area contributed by atoms with E-state index in [1.807, 2.05) is 21.1 Å². The highest BCUT2D eigenvalue weighted by atomic mass is 16.5. The Hall–Kier alpha value is -1.63. The summed E-state index contributed by atoms with van der Waals surface area (Å²) in [7, 11) is 5.49. The van der Waals surface area contributed by atoms with E-state index in [9.17, 15) is 19.5 Å². The second-order valence-corrected chi connectivity index (χ2v) is 5.61. The second kappa shape index (κ2) is 7.08. The number of likely N-dealkylation sites (N-methyl/N-ethyl adjacent to an activating group) is 1. The maximum absolute atomic E-state index is 11.7. The number of hydrogen-bond acceptors (Lipinski definition) is 5. The van der Waals surface area contributed by atoms with Crippen molar-refractivity contribution in [2.45, 2.75) is 25.9 Å². The van der Waals surface area contributed by atoms with E-state index in [0.717, 1.165) is 0 Å². The van der Waals surface area contributed by atoms with E-state index in [4.69, 9.17) is 9.84 Å². The molecule has 0 aromatic carbocycles. The Labute approximate surface area is 112 Å². The highest BCUT2D eigenvalue weighted by molar-refractivity contribution is 5.79. The van der Waals surface area contributed by atoms with Crippen LogP contribution >= 0.6 is 0 Å². The monoisotopic (exact) mass is 275 g/mol. The molecular weight excluding hydrogens is 254 g/mol. The molecule has 110 valence electrons. The Morgan fingerprint density at radius 2 is 1.74 bits per heavy atom. The van der Waals surface area contributed by atoms with Crippen LogP contribution in [0.5, 0.6) is 0 Å². The third-order valence-corrected chi connectivity index (χ3v) is 2.31. The van der Waals surface area contributed by atoms with Crippen LogP contribution in [0.3, 0.4) is 0 Å². The molecule has 0 heterocycles. The van der Waals surface area contributed by atoms with Gasteiger partial charge in [-0.3, -0.25) is 9.59 Å². The SMILES string of the molecule is CC(CC(=O)O)C(=O)OC(CC(=O)[O-])C[N+](C)(C)C. The Bertz CT molecular complexity index is 347. The molecule has 7 heteroatoms. The fourth-order valence-corrected chi connectivity index (χ4v) is 1.57. The molecule has 0 aliphatic heterocycles. The normalized spacial score (nSPS) is 14.5. The standard InChI is InChI=1S/C12H21NO6/c1-8(5-10(14)15)12(18)19-9(6-11(16)17)7-13(2,3)4/h8-9H,5-7H2,1-4H3,(H-,14,15,16,17). The third-order valence-electron chi connectivity index (χ3n) is 2.31. The van der Waals surface area contributed by atoms with Crippen LogP contribution in [0.25, 0.3) is 0 Å². The van der Waals surface area contributed by atoms with Gasteiger partial charge in [0.25, 0.3) is 0 Å². The van der Waals surface area contributed by atoms with Gasteiger partial charge >= 0.3 is 11.9 Å². The van der Waals surface area contributed by atoms with Crippen LogP contribution < -0.4 is 5.11 Å². The Morgan fingerprint density at radius 3 is 2.11 bits per heavy atom. The van der Waals surface area contributed by atoms with Crippen LogP contribution in [-0.4, -0.2) is 61.3 Å². The molecule has 0 aromatic rings. The summed E-state index contributed by atoms with van der Waals surface area (Å²) < 4.78 is 5.48. The number of nitrogens with zero attached hydrogens (tertiary/aromatic N) is 1. The van der Waals surface area contributed by atoms with Crippen molar-refractivity contribution in [3.05, 3.63) is 0 Å². The Morgan fingerprint density at radius 1 is 1.21 bits per heavy atom. The van der Waals surface area contributed by atoms with Gasteiger partial charge < -0.3 is 24.2 Å². The fraction of sp³-hybridized carbons (Fsp3) is 0.750. The number of carboxylic acids is 2. The van der Waals surface area contributed by atoms with E-state index in [2.05, 4.69) is 0 Å². The number of carbonyl (C=O) groups is 3. The lowest BCUT2D eigenvalue weighted by Crippen LogP contribution is -2.45. The van der Waals surface area contributed by atoms with Gasteiger partial charge in [-0.1, -0.05) is 6.92 Å². The fourth-order valence-electron chi connectivity index (χ4n) is 1.57. The molecule has 0 saturated carbocycles. The molecule has 0 aliphatic rings. The highest BCUT2D eigenvalue weighted by Gasteiger charge is 2.26. The molecule has 2 unspecified atom stereocenters. The van der Waals surface area contributed by atoms with Gasteiger partial charge in [0.2, 0.25) is 0 Å². The molecule has 0 aromatic heterocycles. The van der Waals surface area contributed by atoms with Crippen molar-refractivity contribution in [3.8, 4) is 0 Å². The van der Waals surface area contributed by atoms with Crippen LogP contribution in [0.2, 0.25) is 0 Å². The van der Waals surface area contributed by atoms with Crippen molar-refractivity contribution in [1.82, 2.24) is 0 Å². The van der Waals surface area contributed by atoms with Crippen molar-refractivity contribution in [2.24, 2.45) is 5.92 Å². The van der Waals surface area contributed by atoms with E-state index in [0.29, 0.717) is 11.0 Å². The largest absolute Gasteiger partial charge is 0.550 e. The van der Waals surface area contributed by atoms with E-state index in [1.54, 1.807) is 0 Å². The van der Waals surface area contributed by atoms with Crippen molar-refractivity contribution < 1.29 is 33.8 Å². The number of hydrogen-bond donors (Lipinski definition) is 1. The lowest BCUT2D eigenvalue weighted by Gasteiger charge is -2.29. The number of carbonyl (C=O) groups excluding carboxylic acids is 2. The van der Waals surface area contributed by atoms with Crippen molar-refractivity contribution in [3.63, 3.8) is 0 Å². The molecule has 1 N–H and O–H groups in total. The summed E-state index contributed by atoms with van der Waals surface area (Å²) >= 11 is 0. The maximum Gasteiger partial charge on any atom is 0.309 e. The molecule has 0 aliphatic carbocycles. The predicted molar refractivity (Wildman–Crippen MR) is 63.8 cm³/mol. The summed E-state index contributed by atoms with van der Waals surface area (Å²) in [6.07, 6.45) is -1.57. The second-order valence-electron chi connectivity index (χ2n) is 5.61. The number of esters is 1. The van der Waals surface area contributed by atoms with E-state index in [-0.39, 0.29) is 6.42 Å². The van der Waals surface area contributed by atoms with Crippen LogP contribution in [0.15, 0.2) is 0 Å². The summed E-state index contributed by atoms with van der Waals surface area (Å²) in [4.78, 5) is 32.8. The molecule has 0 fully saturated rings. The highest BCUT2D eigenvalue weighted by Crippen LogP contribution is 2.10. The van der Waals surface area contributed by atoms with Gasteiger partial charge in [0.1, 0.15) is 6.54 Å². The number of ether oxygens (including phenoxy) is 1. The first kappa shape index (κ1) is 17.4. The van der Waals surface area contributed by atoms with E-state index < -0.39 is 36.4 Å². The van der Waals surface area contributed by atoms with Crippen LogP contribution in [0.1, 0.15) is 19.8 Å². The predicted octanol–water partition coefficient (Wildman–Crippen LogP) is -1.14. The van der Waals surface area contributed by atoms with Crippen LogP contribution in [-0.2, 0) is 19.1 Å². The van der Waals surface area contributed by atoms with Crippen molar-refractivity contribution in [1.29, 1.82) is 0 Å². The molecule has 2 atom stereocenters. The van der Waals surface area contributed by atoms with Gasteiger partial charge in [-0.05, 0) is 0 Å². The minimum Gasteiger partial charge on any atom is -0.550 e.